The molecular formula is C27H37N3O. The molecule has 0 aromatic heterocycles. The van der Waals surface area contributed by atoms with E-state index in [0.717, 1.165) is 31.6 Å². The summed E-state index contributed by atoms with van der Waals surface area (Å²) in [5, 5.41) is 3.15. The van der Waals surface area contributed by atoms with Gasteiger partial charge in [-0.2, -0.15) is 0 Å². The molecule has 2 aliphatic rings. The third-order valence-corrected chi connectivity index (χ3v) is 7.15. The number of hydrogen-bond acceptors (Lipinski definition) is 3. The number of amides is 1. The summed E-state index contributed by atoms with van der Waals surface area (Å²) in [6.07, 6.45) is 4.47. The number of piperidine rings is 2. The molecule has 0 atom stereocenters. The Balaban J connectivity index is 1.26. The van der Waals surface area contributed by atoms with Crippen LogP contribution in [0.25, 0.3) is 11.1 Å². The molecule has 166 valence electrons. The first-order valence-electron chi connectivity index (χ1n) is 12.0. The molecule has 4 rings (SSSR count). The standard InChI is InChI=1S/C27H37N3O/c1-20(2)29-17-13-26(14-18-29)30-15-11-23(12-16-30)27(31)28-25-9-7-22(8-10-25)24-6-4-5-21(3)19-24/h4-10,19-20,23,26H,11-18H2,1-3H3,(H,28,31). The molecule has 0 radical (unpaired) electrons. The van der Waals surface area contributed by atoms with Crippen LogP contribution in [0.3, 0.4) is 0 Å². The normalized spacial score (nSPS) is 19.6. The Morgan fingerprint density at radius 2 is 1.58 bits per heavy atom. The Labute approximate surface area is 187 Å². The van der Waals surface area contributed by atoms with E-state index in [1.165, 1.54) is 42.6 Å². The van der Waals surface area contributed by atoms with Crippen molar-refractivity contribution in [3.8, 4) is 11.1 Å². The van der Waals surface area contributed by atoms with Crippen LogP contribution in [-0.4, -0.2) is 54.0 Å². The maximum atomic E-state index is 12.8. The highest BCUT2D eigenvalue weighted by molar-refractivity contribution is 5.92. The Bertz CT molecular complexity index is 860. The van der Waals surface area contributed by atoms with E-state index in [-0.39, 0.29) is 11.8 Å². The molecule has 1 amide bonds. The van der Waals surface area contributed by atoms with Crippen molar-refractivity contribution in [3.63, 3.8) is 0 Å². The van der Waals surface area contributed by atoms with Crippen LogP contribution in [0.5, 0.6) is 0 Å². The second kappa shape index (κ2) is 9.97. The van der Waals surface area contributed by atoms with Crippen molar-refractivity contribution in [1.29, 1.82) is 0 Å². The molecule has 2 fully saturated rings. The van der Waals surface area contributed by atoms with Crippen LogP contribution >= 0.6 is 0 Å². The molecule has 0 unspecified atom stereocenters. The second-order valence-corrected chi connectivity index (χ2v) is 9.61. The molecule has 0 saturated carbocycles. The first-order valence-corrected chi connectivity index (χ1v) is 12.0. The zero-order valence-corrected chi connectivity index (χ0v) is 19.3. The summed E-state index contributed by atoms with van der Waals surface area (Å²) < 4.78 is 0. The van der Waals surface area contributed by atoms with Gasteiger partial charge in [0.1, 0.15) is 0 Å². The average Bonchev–Trinajstić information content (AvgIpc) is 2.80. The Hall–Kier alpha value is -2.17. The van der Waals surface area contributed by atoms with E-state index in [0.29, 0.717) is 12.1 Å². The number of benzene rings is 2. The number of rotatable bonds is 5. The van der Waals surface area contributed by atoms with E-state index in [9.17, 15) is 4.79 Å². The number of nitrogens with one attached hydrogen (secondary N) is 1. The van der Waals surface area contributed by atoms with E-state index in [1.807, 2.05) is 12.1 Å². The molecule has 0 aliphatic carbocycles. The summed E-state index contributed by atoms with van der Waals surface area (Å²) in [5.74, 6) is 0.307. The van der Waals surface area contributed by atoms with E-state index in [1.54, 1.807) is 0 Å². The highest BCUT2D eigenvalue weighted by atomic mass is 16.1. The van der Waals surface area contributed by atoms with E-state index < -0.39 is 0 Å². The average molecular weight is 420 g/mol. The van der Waals surface area contributed by atoms with Crippen molar-refractivity contribution in [2.24, 2.45) is 5.92 Å². The largest absolute Gasteiger partial charge is 0.326 e. The highest BCUT2D eigenvalue weighted by Gasteiger charge is 2.31. The van der Waals surface area contributed by atoms with E-state index >= 15 is 0 Å². The monoisotopic (exact) mass is 419 g/mol. The lowest BCUT2D eigenvalue weighted by Crippen LogP contribution is -2.49. The van der Waals surface area contributed by atoms with Gasteiger partial charge in [-0.3, -0.25) is 4.79 Å². The number of nitrogens with zero attached hydrogens (tertiary/aromatic N) is 2. The van der Waals surface area contributed by atoms with E-state index in [2.05, 4.69) is 72.3 Å². The first-order chi connectivity index (χ1) is 15.0. The van der Waals surface area contributed by atoms with Crippen LogP contribution in [0.2, 0.25) is 0 Å². The molecule has 0 bridgehead atoms. The summed E-state index contributed by atoms with van der Waals surface area (Å²) in [5.41, 5.74) is 4.54. The van der Waals surface area contributed by atoms with Crippen LogP contribution in [0.15, 0.2) is 48.5 Å². The second-order valence-electron chi connectivity index (χ2n) is 9.61. The van der Waals surface area contributed by atoms with Gasteiger partial charge in [-0.25, -0.2) is 0 Å². The molecule has 4 heteroatoms. The van der Waals surface area contributed by atoms with Crippen LogP contribution in [-0.2, 0) is 4.79 Å². The van der Waals surface area contributed by atoms with Crippen LogP contribution in [0, 0.1) is 12.8 Å². The molecule has 2 saturated heterocycles. The van der Waals surface area contributed by atoms with Gasteiger partial charge in [0.05, 0.1) is 0 Å². The maximum Gasteiger partial charge on any atom is 0.227 e. The molecule has 0 spiro atoms. The van der Waals surface area contributed by atoms with Crippen LogP contribution in [0.1, 0.15) is 45.1 Å². The minimum atomic E-state index is 0.128. The predicted molar refractivity (Wildman–Crippen MR) is 129 cm³/mol. The molecule has 2 aromatic carbocycles. The third kappa shape index (κ3) is 5.55. The molecule has 2 aliphatic heterocycles. The fourth-order valence-electron chi connectivity index (χ4n) is 5.11. The van der Waals surface area contributed by atoms with Crippen molar-refractivity contribution in [2.45, 2.75) is 58.5 Å². The number of anilines is 1. The minimum Gasteiger partial charge on any atom is -0.326 e. The van der Waals surface area contributed by atoms with E-state index in [4.69, 9.17) is 0 Å². The minimum absolute atomic E-state index is 0.128. The maximum absolute atomic E-state index is 12.8. The van der Waals surface area contributed by atoms with Gasteiger partial charge in [-0.15, -0.1) is 0 Å². The van der Waals surface area contributed by atoms with Crippen molar-refractivity contribution in [2.75, 3.05) is 31.5 Å². The quantitative estimate of drug-likeness (QED) is 0.725. The zero-order valence-electron chi connectivity index (χ0n) is 19.3. The molecular weight excluding hydrogens is 382 g/mol. The zero-order chi connectivity index (χ0) is 21.8. The molecule has 2 aromatic rings. The lowest BCUT2D eigenvalue weighted by atomic mass is 9.92. The van der Waals surface area contributed by atoms with Gasteiger partial charge in [0.25, 0.3) is 0 Å². The molecule has 2 heterocycles. The molecule has 31 heavy (non-hydrogen) atoms. The van der Waals surface area contributed by atoms with Gasteiger partial charge in [0, 0.05) is 23.7 Å². The summed E-state index contributed by atoms with van der Waals surface area (Å²) in [6, 6.07) is 18.1. The van der Waals surface area contributed by atoms with Crippen molar-refractivity contribution < 1.29 is 4.79 Å². The van der Waals surface area contributed by atoms with Gasteiger partial charge in [-0.1, -0.05) is 42.0 Å². The van der Waals surface area contributed by atoms with Crippen molar-refractivity contribution in [3.05, 3.63) is 54.1 Å². The van der Waals surface area contributed by atoms with Crippen molar-refractivity contribution in [1.82, 2.24) is 9.80 Å². The Morgan fingerprint density at radius 1 is 0.903 bits per heavy atom. The Morgan fingerprint density at radius 3 is 2.19 bits per heavy atom. The molecule has 1 N–H and O–H groups in total. The van der Waals surface area contributed by atoms with Crippen molar-refractivity contribution >= 4 is 11.6 Å². The predicted octanol–water partition coefficient (Wildman–Crippen LogP) is 5.19. The number of aryl methyl sites for hydroxylation is 1. The van der Waals surface area contributed by atoms with Crippen LogP contribution < -0.4 is 5.32 Å². The number of carbonyl (C=O) groups is 1. The smallest absolute Gasteiger partial charge is 0.227 e. The molecule has 4 nitrogen and oxygen atoms in total. The van der Waals surface area contributed by atoms with Gasteiger partial charge >= 0.3 is 0 Å². The number of carbonyl (C=O) groups excluding carboxylic acids is 1. The topological polar surface area (TPSA) is 35.6 Å². The first kappa shape index (κ1) is 22.0. The number of hydrogen-bond donors (Lipinski definition) is 1. The summed E-state index contributed by atoms with van der Waals surface area (Å²) in [4.78, 5) is 18.1. The number of likely N-dealkylation sites (tertiary alicyclic amines) is 2. The van der Waals surface area contributed by atoms with Crippen LogP contribution in [0.4, 0.5) is 5.69 Å². The Kier molecular flexibility index (Phi) is 7.09. The third-order valence-electron chi connectivity index (χ3n) is 7.15. The fraction of sp³-hybridized carbons (Fsp3) is 0.519. The van der Waals surface area contributed by atoms with Gasteiger partial charge in [-0.05, 0) is 95.9 Å². The summed E-state index contributed by atoms with van der Waals surface area (Å²) >= 11 is 0. The van der Waals surface area contributed by atoms with Gasteiger partial charge in [0.2, 0.25) is 5.91 Å². The summed E-state index contributed by atoms with van der Waals surface area (Å²) in [6.45, 7) is 11.2. The summed E-state index contributed by atoms with van der Waals surface area (Å²) in [7, 11) is 0. The highest BCUT2D eigenvalue weighted by Crippen LogP contribution is 2.26. The fourth-order valence-corrected chi connectivity index (χ4v) is 5.11. The lowest BCUT2D eigenvalue weighted by Gasteiger charge is -2.42. The van der Waals surface area contributed by atoms with Gasteiger partial charge in [0.15, 0.2) is 0 Å². The SMILES string of the molecule is Cc1cccc(-c2ccc(NC(=O)C3CCN(C4CCN(C(C)C)CC4)CC3)cc2)c1. The van der Waals surface area contributed by atoms with Gasteiger partial charge < -0.3 is 15.1 Å². The lowest BCUT2D eigenvalue weighted by molar-refractivity contribution is -0.121.